The van der Waals surface area contributed by atoms with E-state index in [0.717, 1.165) is 5.56 Å². The van der Waals surface area contributed by atoms with Crippen molar-refractivity contribution in [2.24, 2.45) is 5.11 Å². The number of rotatable bonds is 8. The second-order valence-corrected chi connectivity index (χ2v) is 7.92. The highest BCUT2D eigenvalue weighted by Gasteiger charge is 2.48. The monoisotopic (exact) mass is 503 g/mol. The van der Waals surface area contributed by atoms with E-state index >= 15 is 0 Å². The Morgan fingerprint density at radius 1 is 1.09 bits per heavy atom. The first-order chi connectivity index (χ1) is 15.5. The van der Waals surface area contributed by atoms with Gasteiger partial charge >= 0.3 is 11.9 Å². The Morgan fingerprint density at radius 2 is 1.75 bits per heavy atom. The normalized spacial score (nSPS) is 24.8. The number of nitrogens with zero attached hydrogens (tertiary/aromatic N) is 3. The van der Waals surface area contributed by atoms with Gasteiger partial charge in [0.2, 0.25) is 0 Å². The minimum atomic E-state index is -1.01. The minimum Gasteiger partial charge on any atom is -0.459 e. The number of azide groups is 1. The van der Waals surface area contributed by atoms with Gasteiger partial charge in [-0.2, -0.15) is 0 Å². The Kier molecular flexibility index (Phi) is 8.64. The molecular weight excluding hydrogens is 482 g/mol. The van der Waals surface area contributed by atoms with Crippen LogP contribution in [0.15, 0.2) is 65.8 Å². The van der Waals surface area contributed by atoms with E-state index < -0.39 is 41.3 Å². The number of hydrogen-bond donors (Lipinski definition) is 0. The molecule has 0 amide bonds. The van der Waals surface area contributed by atoms with Crippen LogP contribution in [-0.4, -0.2) is 47.9 Å². The largest absolute Gasteiger partial charge is 0.459 e. The van der Waals surface area contributed by atoms with Gasteiger partial charge in [-0.1, -0.05) is 69.6 Å². The van der Waals surface area contributed by atoms with E-state index in [1.165, 1.54) is 6.92 Å². The summed E-state index contributed by atoms with van der Waals surface area (Å²) in [6.45, 7) is 1.26. The average Bonchev–Trinajstić information content (AvgIpc) is 2.80. The molecule has 0 saturated carbocycles. The number of hydrogen-bond acceptors (Lipinski definition) is 7. The number of esters is 2. The fourth-order valence-corrected chi connectivity index (χ4v) is 4.05. The van der Waals surface area contributed by atoms with E-state index in [-0.39, 0.29) is 13.2 Å². The molecule has 1 heterocycles. The summed E-state index contributed by atoms with van der Waals surface area (Å²) in [7, 11) is 0. The molecule has 1 aliphatic rings. The summed E-state index contributed by atoms with van der Waals surface area (Å²) in [5, 5.41) is 3.13. The molecule has 0 aromatic heterocycles. The molecule has 32 heavy (non-hydrogen) atoms. The minimum absolute atomic E-state index is 0.212. The Bertz CT molecular complexity index is 955. The number of halogens is 1. The second-order valence-electron chi connectivity index (χ2n) is 7.02. The summed E-state index contributed by atoms with van der Waals surface area (Å²) in [6.07, 6.45) is -2.64. The lowest BCUT2D eigenvalue weighted by Crippen LogP contribution is -2.58. The van der Waals surface area contributed by atoms with Gasteiger partial charge in [0.25, 0.3) is 0 Å². The molecule has 1 fully saturated rings. The van der Waals surface area contributed by atoms with Crippen LogP contribution in [0, 0.1) is 0 Å². The zero-order valence-electron chi connectivity index (χ0n) is 17.2. The van der Waals surface area contributed by atoms with Crippen LogP contribution >= 0.6 is 15.9 Å². The summed E-state index contributed by atoms with van der Waals surface area (Å²) >= 11 is 3.41. The molecule has 3 rings (SSSR count). The Morgan fingerprint density at radius 3 is 2.38 bits per heavy atom. The first-order valence-electron chi connectivity index (χ1n) is 9.88. The molecule has 0 bridgehead atoms. The van der Waals surface area contributed by atoms with Gasteiger partial charge < -0.3 is 18.9 Å². The molecule has 1 aliphatic heterocycles. The molecule has 0 spiro atoms. The third kappa shape index (κ3) is 6.30. The summed E-state index contributed by atoms with van der Waals surface area (Å²) in [4.78, 5) is 27.0. The van der Waals surface area contributed by atoms with Crippen LogP contribution < -0.4 is 0 Å². The first-order valence-corrected chi connectivity index (χ1v) is 10.8. The van der Waals surface area contributed by atoms with Gasteiger partial charge in [-0.3, -0.25) is 4.79 Å². The molecule has 2 unspecified atom stereocenters. The molecule has 0 aliphatic carbocycles. The van der Waals surface area contributed by atoms with Crippen LogP contribution in [0.5, 0.6) is 0 Å². The standard InChI is InChI=1S/C22H22BrN3O6/c1-14(27)31-19-17(13-30-22(28)16-10-6-3-7-11-16)32-21(23)20(18(19)25-26-24)29-12-15-8-4-2-5-9-15/h2-11,17-21H,12-13H2,1H3/t17?,18-,19-,20?,21-/m0/s1. The second kappa shape index (κ2) is 11.6. The summed E-state index contributed by atoms with van der Waals surface area (Å²) in [5.74, 6) is -1.14. The molecule has 9 nitrogen and oxygen atoms in total. The maximum Gasteiger partial charge on any atom is 0.338 e. The number of alkyl halides is 1. The van der Waals surface area contributed by atoms with Crippen molar-refractivity contribution in [2.75, 3.05) is 6.61 Å². The highest BCUT2D eigenvalue weighted by Crippen LogP contribution is 2.32. The van der Waals surface area contributed by atoms with Crippen molar-refractivity contribution in [3.63, 3.8) is 0 Å². The zero-order valence-corrected chi connectivity index (χ0v) is 18.8. The van der Waals surface area contributed by atoms with Crippen LogP contribution in [0.1, 0.15) is 22.8 Å². The zero-order chi connectivity index (χ0) is 22.9. The number of ether oxygens (including phenoxy) is 4. The molecular formula is C22H22BrN3O6. The number of benzene rings is 2. The van der Waals surface area contributed by atoms with Crippen molar-refractivity contribution < 1.29 is 28.5 Å². The maximum atomic E-state index is 12.3. The van der Waals surface area contributed by atoms with Gasteiger partial charge in [-0.25, -0.2) is 4.79 Å². The predicted octanol–water partition coefficient (Wildman–Crippen LogP) is 4.16. The lowest BCUT2D eigenvalue weighted by molar-refractivity contribution is -0.196. The van der Waals surface area contributed by atoms with Gasteiger partial charge in [0.05, 0.1) is 12.2 Å². The first kappa shape index (κ1) is 23.7. The Hall–Kier alpha value is -2.91. The number of carbonyl (C=O) groups excluding carboxylic acids is 2. The van der Waals surface area contributed by atoms with E-state index in [2.05, 4.69) is 26.0 Å². The van der Waals surface area contributed by atoms with Crippen LogP contribution in [0.25, 0.3) is 10.4 Å². The topological polar surface area (TPSA) is 120 Å². The smallest absolute Gasteiger partial charge is 0.338 e. The Labute approximate surface area is 193 Å². The molecule has 2 aromatic rings. The fourth-order valence-electron chi connectivity index (χ4n) is 3.30. The van der Waals surface area contributed by atoms with Gasteiger partial charge in [0, 0.05) is 11.8 Å². The molecule has 0 N–H and O–H groups in total. The van der Waals surface area contributed by atoms with E-state index in [1.54, 1.807) is 30.3 Å². The van der Waals surface area contributed by atoms with Crippen molar-refractivity contribution in [3.05, 3.63) is 82.2 Å². The highest BCUT2D eigenvalue weighted by atomic mass is 79.9. The van der Waals surface area contributed by atoms with Gasteiger partial charge in [0.15, 0.2) is 0 Å². The average molecular weight is 504 g/mol. The lowest BCUT2D eigenvalue weighted by atomic mass is 9.97. The molecule has 5 atom stereocenters. The highest BCUT2D eigenvalue weighted by molar-refractivity contribution is 9.09. The third-order valence-corrected chi connectivity index (χ3v) is 5.50. The fraction of sp³-hybridized carbons (Fsp3) is 0.364. The van der Waals surface area contributed by atoms with Gasteiger partial charge in [0.1, 0.15) is 36.0 Å². The van der Waals surface area contributed by atoms with Crippen LogP contribution in [0.3, 0.4) is 0 Å². The molecule has 168 valence electrons. The molecule has 10 heteroatoms. The van der Waals surface area contributed by atoms with Crippen molar-refractivity contribution >= 4 is 27.9 Å². The van der Waals surface area contributed by atoms with Crippen LogP contribution in [-0.2, 0) is 30.3 Å². The molecule has 2 aromatic carbocycles. The molecule has 1 saturated heterocycles. The van der Waals surface area contributed by atoms with Crippen molar-refractivity contribution in [1.82, 2.24) is 0 Å². The van der Waals surface area contributed by atoms with E-state index in [0.29, 0.717) is 5.56 Å². The van der Waals surface area contributed by atoms with E-state index in [9.17, 15) is 9.59 Å². The van der Waals surface area contributed by atoms with E-state index in [1.807, 2.05) is 30.3 Å². The summed E-state index contributed by atoms with van der Waals surface area (Å²) in [5.41, 5.74) is 10.4. The summed E-state index contributed by atoms with van der Waals surface area (Å²) < 4.78 is 22.7. The lowest BCUT2D eigenvalue weighted by Gasteiger charge is -2.42. The third-order valence-electron chi connectivity index (χ3n) is 4.76. The Balaban J connectivity index is 1.75. The summed E-state index contributed by atoms with van der Waals surface area (Å²) in [6, 6.07) is 17.0. The molecule has 0 radical (unpaired) electrons. The quantitative estimate of drug-likeness (QED) is 0.175. The van der Waals surface area contributed by atoms with Crippen LogP contribution in [0.2, 0.25) is 0 Å². The van der Waals surface area contributed by atoms with E-state index in [4.69, 9.17) is 24.5 Å². The SMILES string of the molecule is CC(=O)O[C@H]1C(COC(=O)c2ccccc2)O[C@H](Br)C(OCc2ccccc2)[C@H]1N=[N+]=[N-]. The van der Waals surface area contributed by atoms with Gasteiger partial charge in [-0.05, 0) is 23.2 Å². The number of carbonyl (C=O) groups is 2. The van der Waals surface area contributed by atoms with Crippen molar-refractivity contribution in [3.8, 4) is 0 Å². The van der Waals surface area contributed by atoms with Gasteiger partial charge in [-0.15, -0.1) is 0 Å². The maximum absolute atomic E-state index is 12.3. The van der Waals surface area contributed by atoms with Crippen LogP contribution in [0.4, 0.5) is 0 Å². The van der Waals surface area contributed by atoms with Crippen molar-refractivity contribution in [1.29, 1.82) is 0 Å². The van der Waals surface area contributed by atoms with Crippen molar-refractivity contribution in [2.45, 2.75) is 42.9 Å². The predicted molar refractivity (Wildman–Crippen MR) is 118 cm³/mol.